The number of aromatic nitrogens is 1. The Kier molecular flexibility index (Phi) is 9.93. The molecule has 13 heteroatoms. The highest BCUT2D eigenvalue weighted by atomic mass is 127. The van der Waals surface area contributed by atoms with Crippen LogP contribution in [0.4, 0.5) is 0 Å². The minimum absolute atomic E-state index is 0.149. The standard InChI is InChI=1S/C29H29IN2O9S/c1-6-39-25-17(9-8-10-19(25)37-4)24-23(28(36)40-7-2)15(3)31-29-32(24)27(35)21(42-29)13-16-11-18(30)26(20(12-16)38-5)41-14-22(33)34/h8-13,24H,6-7,14H2,1-5H3,(H,33,34)/b21-13+/t24-/m1/s1. The molecule has 1 atom stereocenters. The molecule has 2 aromatic carbocycles. The third-order valence-electron chi connectivity index (χ3n) is 6.22. The minimum atomic E-state index is -1.12. The largest absolute Gasteiger partial charge is 0.493 e. The number of rotatable bonds is 11. The number of thiazole rings is 1. The van der Waals surface area contributed by atoms with E-state index in [1.165, 1.54) is 30.1 Å². The number of nitrogens with zero attached hydrogens (tertiary/aromatic N) is 2. The Morgan fingerprint density at radius 2 is 1.83 bits per heavy atom. The first-order chi connectivity index (χ1) is 20.1. The van der Waals surface area contributed by atoms with Crippen molar-refractivity contribution in [3.05, 3.63) is 76.0 Å². The maximum absolute atomic E-state index is 14.1. The molecule has 11 nitrogen and oxygen atoms in total. The second-order valence-corrected chi connectivity index (χ2v) is 11.0. The number of benzene rings is 2. The third-order valence-corrected chi connectivity index (χ3v) is 8.00. The molecule has 0 amide bonds. The molecule has 1 aliphatic heterocycles. The minimum Gasteiger partial charge on any atom is -0.493 e. The van der Waals surface area contributed by atoms with Crippen LogP contribution in [-0.2, 0) is 14.3 Å². The smallest absolute Gasteiger partial charge is 0.341 e. The molecule has 0 saturated carbocycles. The number of carboxylic acids is 1. The van der Waals surface area contributed by atoms with Crippen molar-refractivity contribution in [2.75, 3.05) is 34.0 Å². The van der Waals surface area contributed by atoms with Gasteiger partial charge in [0.15, 0.2) is 34.4 Å². The lowest BCUT2D eigenvalue weighted by Gasteiger charge is -2.26. The second kappa shape index (κ2) is 13.4. The molecule has 0 fully saturated rings. The number of para-hydroxylation sites is 1. The van der Waals surface area contributed by atoms with Crippen LogP contribution in [0.5, 0.6) is 23.0 Å². The molecule has 1 N–H and O–H groups in total. The van der Waals surface area contributed by atoms with Crippen molar-refractivity contribution in [3.63, 3.8) is 0 Å². The molecule has 0 spiro atoms. The lowest BCUT2D eigenvalue weighted by atomic mass is 9.94. The number of allylic oxidation sites excluding steroid dienone is 1. The molecule has 222 valence electrons. The van der Waals surface area contributed by atoms with Gasteiger partial charge in [0.2, 0.25) is 0 Å². The molecule has 0 saturated heterocycles. The SMILES string of the molecule is CCOC(=O)C1=C(C)N=c2s/c(=C/c3cc(I)c(OCC(=O)O)c(OC)c3)c(=O)n2[C@@H]1c1cccc(OC)c1OCC. The highest BCUT2D eigenvalue weighted by molar-refractivity contribution is 14.1. The lowest BCUT2D eigenvalue weighted by molar-refractivity contribution is -0.140. The first-order valence-electron chi connectivity index (χ1n) is 12.9. The zero-order chi connectivity index (χ0) is 30.6. The molecule has 4 rings (SSSR count). The van der Waals surface area contributed by atoms with Crippen LogP contribution < -0.4 is 33.8 Å². The normalized spacial score (nSPS) is 14.6. The van der Waals surface area contributed by atoms with Gasteiger partial charge in [-0.05, 0) is 73.2 Å². The first kappa shape index (κ1) is 31.1. The van der Waals surface area contributed by atoms with E-state index in [0.29, 0.717) is 53.6 Å². The van der Waals surface area contributed by atoms with E-state index in [1.54, 1.807) is 50.3 Å². The molecule has 0 aliphatic carbocycles. The quantitative estimate of drug-likeness (QED) is 0.235. The average molecular weight is 709 g/mol. The molecule has 42 heavy (non-hydrogen) atoms. The fourth-order valence-electron chi connectivity index (χ4n) is 4.54. The van der Waals surface area contributed by atoms with Crippen LogP contribution in [0.2, 0.25) is 0 Å². The van der Waals surface area contributed by atoms with Gasteiger partial charge in [-0.15, -0.1) is 0 Å². The maximum atomic E-state index is 14.1. The number of methoxy groups -OCH3 is 2. The van der Waals surface area contributed by atoms with Gasteiger partial charge in [-0.3, -0.25) is 9.36 Å². The Balaban J connectivity index is 1.95. The summed E-state index contributed by atoms with van der Waals surface area (Å²) in [5.41, 5.74) is 1.45. The predicted octanol–water partition coefficient (Wildman–Crippen LogP) is 3.28. The molecule has 1 aromatic heterocycles. The van der Waals surface area contributed by atoms with E-state index in [9.17, 15) is 14.4 Å². The number of hydrogen-bond acceptors (Lipinski definition) is 10. The van der Waals surface area contributed by atoms with Gasteiger partial charge < -0.3 is 28.8 Å². The summed E-state index contributed by atoms with van der Waals surface area (Å²) in [7, 11) is 2.97. The Morgan fingerprint density at radius 1 is 1.10 bits per heavy atom. The summed E-state index contributed by atoms with van der Waals surface area (Å²) >= 11 is 3.19. The van der Waals surface area contributed by atoms with E-state index >= 15 is 0 Å². The summed E-state index contributed by atoms with van der Waals surface area (Å²) in [6.07, 6.45) is 1.69. The number of carbonyl (C=O) groups is 2. The van der Waals surface area contributed by atoms with Crippen molar-refractivity contribution in [1.29, 1.82) is 0 Å². The van der Waals surface area contributed by atoms with Crippen LogP contribution in [0.25, 0.3) is 6.08 Å². The molecule has 3 aromatic rings. The van der Waals surface area contributed by atoms with E-state index in [0.717, 1.165) is 0 Å². The van der Waals surface area contributed by atoms with Crippen molar-refractivity contribution >= 4 is 51.9 Å². The molecule has 0 unspecified atom stereocenters. The summed E-state index contributed by atoms with van der Waals surface area (Å²) in [6, 6.07) is 7.82. The van der Waals surface area contributed by atoms with Crippen LogP contribution >= 0.6 is 33.9 Å². The molecule has 0 bridgehead atoms. The first-order valence-corrected chi connectivity index (χ1v) is 14.8. The summed E-state index contributed by atoms with van der Waals surface area (Å²) in [5, 5.41) is 9.00. The Labute approximate surface area is 258 Å². The highest BCUT2D eigenvalue weighted by Gasteiger charge is 2.36. The van der Waals surface area contributed by atoms with E-state index in [4.69, 9.17) is 28.8 Å². The summed E-state index contributed by atoms with van der Waals surface area (Å²) in [4.78, 5) is 43.4. The fraction of sp³-hybridized carbons (Fsp3) is 0.310. The van der Waals surface area contributed by atoms with E-state index in [1.807, 2.05) is 29.5 Å². The van der Waals surface area contributed by atoms with Crippen LogP contribution in [0, 0.1) is 3.57 Å². The van der Waals surface area contributed by atoms with Gasteiger partial charge in [-0.25, -0.2) is 14.6 Å². The average Bonchev–Trinajstić information content (AvgIpc) is 3.25. The van der Waals surface area contributed by atoms with E-state index < -0.39 is 24.6 Å². The number of halogens is 1. The maximum Gasteiger partial charge on any atom is 0.341 e. The molecular weight excluding hydrogens is 679 g/mol. The number of fused-ring (bicyclic) bond motifs is 1. The van der Waals surface area contributed by atoms with Gasteiger partial charge in [0.1, 0.15) is 6.04 Å². The van der Waals surface area contributed by atoms with E-state index in [2.05, 4.69) is 4.99 Å². The molecule has 0 radical (unpaired) electrons. The lowest BCUT2D eigenvalue weighted by Crippen LogP contribution is -2.40. The summed E-state index contributed by atoms with van der Waals surface area (Å²) < 4.78 is 30.2. The Morgan fingerprint density at radius 3 is 2.48 bits per heavy atom. The number of esters is 1. The fourth-order valence-corrected chi connectivity index (χ4v) is 6.37. The number of aliphatic carboxylic acids is 1. The number of carboxylic acid groups (broad SMARTS) is 1. The predicted molar refractivity (Wildman–Crippen MR) is 163 cm³/mol. The second-order valence-electron chi connectivity index (χ2n) is 8.83. The van der Waals surface area contributed by atoms with Gasteiger partial charge in [-0.2, -0.15) is 0 Å². The Hall–Kier alpha value is -3.85. The highest BCUT2D eigenvalue weighted by Crippen LogP contribution is 2.41. The Bertz CT molecular complexity index is 1740. The van der Waals surface area contributed by atoms with Crippen LogP contribution in [0.1, 0.15) is 37.9 Å². The van der Waals surface area contributed by atoms with Crippen LogP contribution in [-0.4, -0.2) is 55.7 Å². The zero-order valence-electron chi connectivity index (χ0n) is 23.6. The van der Waals surface area contributed by atoms with Gasteiger partial charge in [-0.1, -0.05) is 23.5 Å². The number of hydrogen-bond donors (Lipinski definition) is 1. The zero-order valence-corrected chi connectivity index (χ0v) is 26.5. The van der Waals surface area contributed by atoms with Gasteiger partial charge in [0.05, 0.1) is 46.8 Å². The van der Waals surface area contributed by atoms with Gasteiger partial charge in [0.25, 0.3) is 5.56 Å². The molecule has 2 heterocycles. The topological polar surface area (TPSA) is 135 Å². The monoisotopic (exact) mass is 708 g/mol. The number of carbonyl (C=O) groups excluding carboxylic acids is 1. The van der Waals surface area contributed by atoms with Crippen LogP contribution in [0.3, 0.4) is 0 Å². The third kappa shape index (κ3) is 6.16. The van der Waals surface area contributed by atoms with Crippen molar-refractivity contribution in [1.82, 2.24) is 4.57 Å². The van der Waals surface area contributed by atoms with Crippen molar-refractivity contribution < 1.29 is 38.4 Å². The van der Waals surface area contributed by atoms with Gasteiger partial charge >= 0.3 is 11.9 Å². The summed E-state index contributed by atoms with van der Waals surface area (Å²) in [6.45, 7) is 5.21. The van der Waals surface area contributed by atoms with Crippen molar-refractivity contribution in [2.24, 2.45) is 4.99 Å². The van der Waals surface area contributed by atoms with Gasteiger partial charge in [0, 0.05) is 5.56 Å². The van der Waals surface area contributed by atoms with Crippen molar-refractivity contribution in [2.45, 2.75) is 26.8 Å². The van der Waals surface area contributed by atoms with Crippen LogP contribution in [0.15, 0.2) is 51.4 Å². The molecule has 1 aliphatic rings. The number of ether oxygens (including phenoxy) is 5. The van der Waals surface area contributed by atoms with E-state index in [-0.39, 0.29) is 23.5 Å². The summed E-state index contributed by atoms with van der Waals surface area (Å²) in [5.74, 6) is -0.224. The van der Waals surface area contributed by atoms with Crippen molar-refractivity contribution in [3.8, 4) is 23.0 Å². The molecular formula is C29H29IN2O9S.